The number of benzene rings is 8. The topological polar surface area (TPSA) is 29.3 Å². The summed E-state index contributed by atoms with van der Waals surface area (Å²) in [6.45, 7) is 0. The van der Waals surface area contributed by atoms with Gasteiger partial charge in [-0.2, -0.15) is 0 Å². The summed E-state index contributed by atoms with van der Waals surface area (Å²) in [6.07, 6.45) is 0. The van der Waals surface area contributed by atoms with Crippen LogP contribution in [0.5, 0.6) is 0 Å². The number of hydrogen-bond donors (Lipinski definition) is 0. The van der Waals surface area contributed by atoms with E-state index in [0.29, 0.717) is 11.5 Å². The van der Waals surface area contributed by atoms with E-state index in [4.69, 9.17) is 16.3 Å². The van der Waals surface area contributed by atoms with Crippen LogP contribution in [0.25, 0.3) is 55.9 Å². The van der Waals surface area contributed by atoms with Gasteiger partial charge in [-0.3, -0.25) is 0 Å². The van der Waals surface area contributed by atoms with E-state index >= 15 is 0 Å². The SMILES string of the molecule is [2H]c1c([2H])c([2H])c(N(c2ccc3c(c2)-c2ccccc2C3(c2ccccc2)c2ccccc2)c2c([2H])c([2H])c(-c3nc4c(o3)-c3cccc5cccc-4c35)c([2H])c2[2H])c([2H])c1[2H]. The van der Waals surface area contributed by atoms with Crippen molar-refractivity contribution in [3.05, 3.63) is 216 Å². The summed E-state index contributed by atoms with van der Waals surface area (Å²) in [7, 11) is 0. The normalized spacial score (nSPS) is 15.4. The molecule has 0 unspecified atom stereocenters. The summed E-state index contributed by atoms with van der Waals surface area (Å²) in [4.78, 5) is 6.03. The Bertz CT molecular complexity index is 3210. The number of fused-ring (bicyclic) bond motifs is 6. The lowest BCUT2D eigenvalue weighted by atomic mass is 9.68. The Morgan fingerprint density at radius 3 is 1.87 bits per heavy atom. The monoisotopic (exact) mass is 685 g/mol. The molecule has 2 aliphatic rings. The smallest absolute Gasteiger partial charge is 0.227 e. The van der Waals surface area contributed by atoms with Gasteiger partial charge in [0.15, 0.2) is 5.76 Å². The summed E-state index contributed by atoms with van der Waals surface area (Å²) in [5, 5.41) is 1.99. The van der Waals surface area contributed by atoms with Crippen molar-refractivity contribution in [3.8, 4) is 45.2 Å². The maximum Gasteiger partial charge on any atom is 0.227 e. The molecule has 0 atom stereocenters. The van der Waals surface area contributed by atoms with E-state index in [0.717, 1.165) is 55.3 Å². The Labute approximate surface area is 320 Å². The van der Waals surface area contributed by atoms with E-state index in [1.54, 1.807) is 6.07 Å². The third-order valence-electron chi connectivity index (χ3n) is 10.5. The van der Waals surface area contributed by atoms with Crippen LogP contribution >= 0.6 is 0 Å². The molecule has 2 aliphatic carbocycles. The molecule has 0 bridgehead atoms. The Morgan fingerprint density at radius 1 is 0.509 bits per heavy atom. The van der Waals surface area contributed by atoms with Gasteiger partial charge < -0.3 is 9.32 Å². The zero-order valence-corrected chi connectivity index (χ0v) is 28.1. The quantitative estimate of drug-likeness (QED) is 0.174. The summed E-state index contributed by atoms with van der Waals surface area (Å²) < 4.78 is 88.4. The van der Waals surface area contributed by atoms with Crippen LogP contribution in [0.3, 0.4) is 0 Å². The zero-order valence-electron chi connectivity index (χ0n) is 37.1. The fourth-order valence-corrected chi connectivity index (χ4v) is 8.35. The first-order valence-electron chi connectivity index (χ1n) is 21.9. The van der Waals surface area contributed by atoms with E-state index in [1.165, 1.54) is 4.90 Å². The van der Waals surface area contributed by atoms with Crippen molar-refractivity contribution >= 4 is 27.8 Å². The molecule has 0 N–H and O–H groups in total. The number of oxazole rings is 1. The van der Waals surface area contributed by atoms with Crippen LogP contribution in [0.1, 0.15) is 34.6 Å². The molecule has 248 valence electrons. The van der Waals surface area contributed by atoms with E-state index < -0.39 is 59.8 Å². The lowest BCUT2D eigenvalue weighted by Gasteiger charge is -2.34. The van der Waals surface area contributed by atoms with Crippen molar-refractivity contribution in [1.29, 1.82) is 0 Å². The standard InChI is InChI=1S/C50H32N2O/c1-4-16-35(17-5-1)50(36-18-6-2-7-19-36)44-25-11-10-22-40(44)43-32-39(30-31-45(43)50)52(37-20-8-3-9-21-37)38-28-26-34(27-29-38)49-51-47-41-23-12-14-33-15-13-24-42(46(33)41)48(47)53-49/h1-32H/i3D,8D,9D,20D,21D,26D,27D,28D,29D. The second-order valence-electron chi connectivity index (χ2n) is 13.2. The summed E-state index contributed by atoms with van der Waals surface area (Å²) in [5.41, 5.74) is 6.60. The lowest BCUT2D eigenvalue weighted by molar-refractivity contribution is 0.590. The molecule has 0 saturated heterocycles. The maximum absolute atomic E-state index is 9.57. The zero-order chi connectivity index (χ0) is 42.8. The van der Waals surface area contributed by atoms with Gasteiger partial charge in [0.25, 0.3) is 0 Å². The third kappa shape index (κ3) is 4.31. The molecule has 0 radical (unpaired) electrons. The van der Waals surface area contributed by atoms with Gasteiger partial charge in [0.2, 0.25) is 5.89 Å². The van der Waals surface area contributed by atoms with Crippen LogP contribution in [0.2, 0.25) is 0 Å². The molecule has 0 amide bonds. The molecule has 0 saturated carbocycles. The van der Waals surface area contributed by atoms with Gasteiger partial charge >= 0.3 is 0 Å². The van der Waals surface area contributed by atoms with E-state index in [9.17, 15) is 5.48 Å². The predicted molar refractivity (Wildman–Crippen MR) is 216 cm³/mol. The molecule has 8 aromatic carbocycles. The van der Waals surface area contributed by atoms with E-state index in [2.05, 4.69) is 30.3 Å². The summed E-state index contributed by atoms with van der Waals surface area (Å²) in [5.74, 6) is 0.376. The molecule has 0 spiro atoms. The van der Waals surface area contributed by atoms with Crippen LogP contribution in [-0.2, 0) is 5.41 Å². The third-order valence-corrected chi connectivity index (χ3v) is 10.5. The molecular weight excluding hydrogens is 645 g/mol. The van der Waals surface area contributed by atoms with Gasteiger partial charge in [-0.15, -0.1) is 0 Å². The van der Waals surface area contributed by atoms with Gasteiger partial charge in [-0.1, -0.05) is 146 Å². The van der Waals surface area contributed by atoms with Crippen molar-refractivity contribution in [1.82, 2.24) is 4.98 Å². The first-order valence-corrected chi connectivity index (χ1v) is 17.4. The van der Waals surface area contributed by atoms with Crippen molar-refractivity contribution in [2.75, 3.05) is 4.90 Å². The number of nitrogens with zero attached hydrogens (tertiary/aromatic N) is 2. The van der Waals surface area contributed by atoms with Crippen LogP contribution in [0.4, 0.5) is 17.1 Å². The van der Waals surface area contributed by atoms with Gasteiger partial charge in [-0.05, 0) is 87.2 Å². The maximum atomic E-state index is 9.57. The largest absolute Gasteiger partial charge is 0.435 e. The van der Waals surface area contributed by atoms with Crippen LogP contribution in [-0.4, -0.2) is 4.98 Å². The number of aromatic nitrogens is 1. The van der Waals surface area contributed by atoms with Gasteiger partial charge in [0.1, 0.15) is 5.69 Å². The highest BCUT2D eigenvalue weighted by atomic mass is 16.4. The molecule has 11 rings (SSSR count). The summed E-state index contributed by atoms with van der Waals surface area (Å²) >= 11 is 0. The molecule has 3 nitrogen and oxygen atoms in total. The summed E-state index contributed by atoms with van der Waals surface area (Å²) in [6, 6.07) is 40.7. The highest BCUT2D eigenvalue weighted by Crippen LogP contribution is 2.57. The van der Waals surface area contributed by atoms with Crippen molar-refractivity contribution in [3.63, 3.8) is 0 Å². The molecule has 0 fully saturated rings. The minimum absolute atomic E-state index is 0.0910. The molecule has 53 heavy (non-hydrogen) atoms. The highest BCUT2D eigenvalue weighted by Gasteiger charge is 2.46. The predicted octanol–water partition coefficient (Wildman–Crippen LogP) is 13.0. The van der Waals surface area contributed by atoms with E-state index in [-0.39, 0.29) is 28.5 Å². The fourth-order valence-electron chi connectivity index (χ4n) is 8.35. The second-order valence-corrected chi connectivity index (χ2v) is 13.2. The average molecular weight is 686 g/mol. The van der Waals surface area contributed by atoms with Crippen molar-refractivity contribution in [2.45, 2.75) is 5.41 Å². The van der Waals surface area contributed by atoms with Gasteiger partial charge in [0, 0.05) is 39.1 Å². The first-order chi connectivity index (χ1) is 30.0. The average Bonchev–Trinajstić information content (AvgIpc) is 3.96. The lowest BCUT2D eigenvalue weighted by Crippen LogP contribution is -2.28. The Morgan fingerprint density at radius 2 is 1.13 bits per heavy atom. The van der Waals surface area contributed by atoms with Crippen molar-refractivity contribution in [2.24, 2.45) is 0 Å². The number of anilines is 3. The van der Waals surface area contributed by atoms with Gasteiger partial charge in [0.05, 0.1) is 17.8 Å². The Kier molecular flexibility index (Phi) is 4.80. The molecule has 1 heterocycles. The molecule has 3 heteroatoms. The second kappa shape index (κ2) is 11.5. The number of hydrogen-bond acceptors (Lipinski definition) is 3. The van der Waals surface area contributed by atoms with Crippen LogP contribution < -0.4 is 4.90 Å². The number of rotatable bonds is 6. The fraction of sp³-hybridized carbons (Fsp3) is 0.0200. The highest BCUT2D eigenvalue weighted by molar-refractivity contribution is 6.13. The van der Waals surface area contributed by atoms with Crippen LogP contribution in [0, 0.1) is 0 Å². The Balaban J connectivity index is 1.16. The van der Waals surface area contributed by atoms with Gasteiger partial charge in [-0.25, -0.2) is 4.98 Å². The Hall–Kier alpha value is -6.97. The van der Waals surface area contributed by atoms with Crippen molar-refractivity contribution < 1.29 is 16.8 Å². The van der Waals surface area contributed by atoms with E-state index in [1.807, 2.05) is 103 Å². The molecule has 1 aromatic heterocycles. The molecular formula is C50H32N2O. The number of para-hydroxylation sites is 1. The molecule has 0 aliphatic heterocycles. The minimum Gasteiger partial charge on any atom is -0.435 e. The van der Waals surface area contributed by atoms with Crippen LogP contribution in [0.15, 0.2) is 198 Å². The first kappa shape index (κ1) is 22.1. The minimum atomic E-state index is -0.761. The molecule has 9 aromatic rings.